The molecule has 1 saturated heterocycles. The predicted molar refractivity (Wildman–Crippen MR) is 61.1 cm³/mol. The second-order valence-corrected chi connectivity index (χ2v) is 6.62. The fourth-order valence-electron chi connectivity index (χ4n) is 2.46. The Morgan fingerprint density at radius 1 is 1.12 bits per heavy atom. The molecule has 16 heavy (non-hydrogen) atoms. The Kier molecular flexibility index (Phi) is 3.53. The summed E-state index contributed by atoms with van der Waals surface area (Å²) in [6.45, 7) is 1.37. The molecule has 0 aromatic rings. The van der Waals surface area contributed by atoms with Gasteiger partial charge in [0.1, 0.15) is 0 Å². The first kappa shape index (κ1) is 12.3. The lowest BCUT2D eigenvalue weighted by molar-refractivity contribution is 0.0528. The van der Waals surface area contributed by atoms with E-state index < -0.39 is 15.8 Å². The minimum absolute atomic E-state index is 0.159. The molecule has 0 unspecified atom stereocenters. The largest absolute Gasteiger partial charge is 0.389 e. The van der Waals surface area contributed by atoms with Crippen molar-refractivity contribution in [3.05, 3.63) is 0 Å². The van der Waals surface area contributed by atoms with Crippen molar-refractivity contribution in [2.75, 3.05) is 19.6 Å². The van der Waals surface area contributed by atoms with Gasteiger partial charge in [-0.15, -0.1) is 0 Å². The Morgan fingerprint density at radius 3 is 2.25 bits per heavy atom. The Bertz CT molecular complexity index is 330. The van der Waals surface area contributed by atoms with Gasteiger partial charge in [0.15, 0.2) is 0 Å². The lowest BCUT2D eigenvalue weighted by atomic mass is 10.0. The van der Waals surface area contributed by atoms with Gasteiger partial charge in [0.05, 0.1) is 5.60 Å². The summed E-state index contributed by atoms with van der Waals surface area (Å²) >= 11 is 0. The molecule has 0 amide bonds. The van der Waals surface area contributed by atoms with Crippen molar-refractivity contribution in [3.63, 3.8) is 0 Å². The Hall–Kier alpha value is -0.170. The summed E-state index contributed by atoms with van der Waals surface area (Å²) < 4.78 is 27.7. The molecular formula is C10H20N2O3S. The van der Waals surface area contributed by atoms with Crippen molar-refractivity contribution >= 4 is 10.2 Å². The van der Waals surface area contributed by atoms with Crippen LogP contribution in [0.15, 0.2) is 0 Å². The van der Waals surface area contributed by atoms with Crippen LogP contribution in [0.2, 0.25) is 0 Å². The average Bonchev–Trinajstić information content (AvgIpc) is 2.86. The van der Waals surface area contributed by atoms with E-state index in [1.165, 1.54) is 4.31 Å². The molecule has 5 nitrogen and oxygen atoms in total. The second-order valence-electron chi connectivity index (χ2n) is 4.86. The highest BCUT2D eigenvalue weighted by Gasteiger charge is 2.34. The van der Waals surface area contributed by atoms with E-state index in [-0.39, 0.29) is 6.54 Å². The maximum atomic E-state index is 11.8. The molecular weight excluding hydrogens is 228 g/mol. The van der Waals surface area contributed by atoms with Gasteiger partial charge in [-0.25, -0.2) is 0 Å². The standard InChI is InChI=1S/C10H20N2O3S/c13-10(5-1-2-6-10)9-11-16(14,15)12-7-3-4-8-12/h11,13H,1-9H2. The van der Waals surface area contributed by atoms with Gasteiger partial charge in [0.2, 0.25) is 0 Å². The van der Waals surface area contributed by atoms with Crippen LogP contribution in [0.4, 0.5) is 0 Å². The van der Waals surface area contributed by atoms with Crippen molar-refractivity contribution in [2.24, 2.45) is 0 Å². The third kappa shape index (κ3) is 2.74. The van der Waals surface area contributed by atoms with E-state index >= 15 is 0 Å². The van der Waals surface area contributed by atoms with Gasteiger partial charge in [-0.3, -0.25) is 0 Å². The highest BCUT2D eigenvalue weighted by Crippen LogP contribution is 2.28. The minimum atomic E-state index is -3.36. The van der Waals surface area contributed by atoms with Crippen molar-refractivity contribution in [1.29, 1.82) is 0 Å². The van der Waals surface area contributed by atoms with Crippen LogP contribution in [0.1, 0.15) is 38.5 Å². The number of nitrogens with one attached hydrogen (secondary N) is 1. The molecule has 0 aromatic carbocycles. The Morgan fingerprint density at radius 2 is 1.69 bits per heavy atom. The van der Waals surface area contributed by atoms with Crippen LogP contribution in [-0.2, 0) is 10.2 Å². The SMILES string of the molecule is O=S(=O)(NCC1(O)CCCC1)N1CCCC1. The number of hydrogen-bond donors (Lipinski definition) is 2. The summed E-state index contributed by atoms with van der Waals surface area (Å²) in [5.74, 6) is 0. The van der Waals surface area contributed by atoms with Crippen LogP contribution in [0, 0.1) is 0 Å². The number of rotatable bonds is 4. The summed E-state index contributed by atoms with van der Waals surface area (Å²) in [5, 5.41) is 10.1. The molecule has 2 fully saturated rings. The molecule has 0 aromatic heterocycles. The normalized spacial score (nSPS) is 26.3. The zero-order valence-electron chi connectivity index (χ0n) is 9.48. The highest BCUT2D eigenvalue weighted by molar-refractivity contribution is 7.87. The van der Waals surface area contributed by atoms with Crippen LogP contribution in [0.25, 0.3) is 0 Å². The topological polar surface area (TPSA) is 69.6 Å². The van der Waals surface area contributed by atoms with Crippen molar-refractivity contribution in [1.82, 2.24) is 9.03 Å². The van der Waals surface area contributed by atoms with E-state index in [0.717, 1.165) is 25.7 Å². The fraction of sp³-hybridized carbons (Fsp3) is 1.00. The first-order valence-electron chi connectivity index (χ1n) is 5.99. The highest BCUT2D eigenvalue weighted by atomic mass is 32.2. The molecule has 6 heteroatoms. The van der Waals surface area contributed by atoms with Gasteiger partial charge >= 0.3 is 0 Å². The molecule has 2 rings (SSSR count). The van der Waals surface area contributed by atoms with E-state index in [9.17, 15) is 13.5 Å². The van der Waals surface area contributed by atoms with E-state index in [2.05, 4.69) is 4.72 Å². The lowest BCUT2D eigenvalue weighted by Crippen LogP contribution is -2.46. The predicted octanol–water partition coefficient (Wildman–Crippen LogP) is 0.222. The maximum Gasteiger partial charge on any atom is 0.279 e. The van der Waals surface area contributed by atoms with Crippen LogP contribution < -0.4 is 4.72 Å². The van der Waals surface area contributed by atoms with E-state index in [4.69, 9.17) is 0 Å². The quantitative estimate of drug-likeness (QED) is 0.748. The third-order valence-electron chi connectivity index (χ3n) is 3.52. The van der Waals surface area contributed by atoms with Gasteiger partial charge in [0, 0.05) is 19.6 Å². The van der Waals surface area contributed by atoms with Crippen LogP contribution in [-0.4, -0.2) is 43.1 Å². The van der Waals surface area contributed by atoms with Gasteiger partial charge in [-0.1, -0.05) is 12.8 Å². The van der Waals surface area contributed by atoms with Crippen molar-refractivity contribution in [2.45, 2.75) is 44.1 Å². The van der Waals surface area contributed by atoms with E-state index in [0.29, 0.717) is 25.9 Å². The van der Waals surface area contributed by atoms with Gasteiger partial charge < -0.3 is 5.11 Å². The maximum absolute atomic E-state index is 11.8. The molecule has 94 valence electrons. The second kappa shape index (κ2) is 4.60. The average molecular weight is 248 g/mol. The first-order chi connectivity index (χ1) is 7.52. The zero-order chi connectivity index (χ0) is 11.6. The molecule has 0 spiro atoms. The molecule has 0 bridgehead atoms. The smallest absolute Gasteiger partial charge is 0.279 e. The summed E-state index contributed by atoms with van der Waals surface area (Å²) in [6, 6.07) is 0. The molecule has 0 atom stereocenters. The van der Waals surface area contributed by atoms with Gasteiger partial charge in [-0.05, 0) is 25.7 Å². The number of aliphatic hydroxyl groups is 1. The number of hydrogen-bond acceptors (Lipinski definition) is 3. The van der Waals surface area contributed by atoms with Crippen molar-refractivity contribution in [3.8, 4) is 0 Å². The Balaban J connectivity index is 1.88. The zero-order valence-corrected chi connectivity index (χ0v) is 10.3. The third-order valence-corrected chi connectivity index (χ3v) is 5.08. The Labute approximate surface area is 97.0 Å². The molecule has 1 aliphatic heterocycles. The van der Waals surface area contributed by atoms with Crippen LogP contribution in [0.5, 0.6) is 0 Å². The first-order valence-corrected chi connectivity index (χ1v) is 7.43. The summed E-state index contributed by atoms with van der Waals surface area (Å²) in [4.78, 5) is 0. The molecule has 2 aliphatic rings. The molecule has 1 heterocycles. The van der Waals surface area contributed by atoms with Crippen LogP contribution in [0.3, 0.4) is 0 Å². The molecule has 2 N–H and O–H groups in total. The monoisotopic (exact) mass is 248 g/mol. The van der Waals surface area contributed by atoms with Gasteiger partial charge in [0.25, 0.3) is 10.2 Å². The van der Waals surface area contributed by atoms with Gasteiger partial charge in [-0.2, -0.15) is 17.4 Å². The van der Waals surface area contributed by atoms with E-state index in [1.54, 1.807) is 0 Å². The molecule has 1 aliphatic carbocycles. The van der Waals surface area contributed by atoms with E-state index in [1.807, 2.05) is 0 Å². The summed E-state index contributed by atoms with van der Waals surface area (Å²) in [6.07, 6.45) is 5.26. The van der Waals surface area contributed by atoms with Crippen molar-refractivity contribution < 1.29 is 13.5 Å². The summed E-state index contributed by atoms with van der Waals surface area (Å²) in [7, 11) is -3.36. The molecule has 1 saturated carbocycles. The fourth-order valence-corrected chi connectivity index (χ4v) is 3.83. The molecule has 0 radical (unpaired) electrons. The minimum Gasteiger partial charge on any atom is -0.389 e. The lowest BCUT2D eigenvalue weighted by Gasteiger charge is -2.24. The van der Waals surface area contributed by atoms with Crippen LogP contribution >= 0.6 is 0 Å². The summed E-state index contributed by atoms with van der Waals surface area (Å²) in [5.41, 5.74) is -0.813. The number of nitrogens with zero attached hydrogens (tertiary/aromatic N) is 1.